The first-order valence-corrected chi connectivity index (χ1v) is 13.7. The lowest BCUT2D eigenvalue weighted by molar-refractivity contribution is 0.254. The molecule has 0 atom stereocenters. The Morgan fingerprint density at radius 1 is 0.971 bits per heavy atom. The lowest BCUT2D eigenvalue weighted by atomic mass is 9.86. The summed E-state index contributed by atoms with van der Waals surface area (Å²) in [6, 6.07) is 7.07. The number of nitrogens with zero attached hydrogens (tertiary/aromatic N) is 2. The summed E-state index contributed by atoms with van der Waals surface area (Å²) < 4.78 is 12.0. The molecule has 6 heteroatoms. The van der Waals surface area contributed by atoms with E-state index in [0.717, 1.165) is 61.3 Å². The van der Waals surface area contributed by atoms with E-state index in [1.165, 1.54) is 69.4 Å². The zero-order valence-electron chi connectivity index (χ0n) is 20.9. The minimum absolute atomic E-state index is 0.499. The molecule has 34 heavy (non-hydrogen) atoms. The topological polar surface area (TPSA) is 58.6 Å². The first kappa shape index (κ1) is 23.7. The van der Waals surface area contributed by atoms with Crippen molar-refractivity contribution in [2.45, 2.75) is 76.2 Å². The van der Waals surface area contributed by atoms with Crippen molar-refractivity contribution < 1.29 is 9.47 Å². The molecule has 2 aromatic rings. The molecule has 1 aliphatic carbocycles. The Morgan fingerprint density at radius 3 is 2.53 bits per heavy atom. The van der Waals surface area contributed by atoms with Crippen molar-refractivity contribution in [1.29, 1.82) is 0 Å². The Bertz CT molecular complexity index is 932. The Labute approximate surface area is 204 Å². The minimum atomic E-state index is 0.499. The highest BCUT2D eigenvalue weighted by atomic mass is 16.5. The van der Waals surface area contributed by atoms with E-state index in [9.17, 15) is 0 Å². The van der Waals surface area contributed by atoms with E-state index in [0.29, 0.717) is 18.6 Å². The Kier molecular flexibility index (Phi) is 8.07. The number of hydrogen-bond acceptors (Lipinski definition) is 6. The number of methoxy groups -OCH3 is 1. The van der Waals surface area contributed by atoms with Gasteiger partial charge in [-0.2, -0.15) is 0 Å². The Hall–Kier alpha value is -2.05. The number of piperidine rings is 1. The smallest absolute Gasteiger partial charge is 0.163 e. The number of pyridine rings is 1. The molecule has 1 aromatic carbocycles. The first-order valence-electron chi connectivity index (χ1n) is 13.7. The van der Waals surface area contributed by atoms with Crippen molar-refractivity contribution in [3.8, 4) is 11.5 Å². The minimum Gasteiger partial charge on any atom is -0.493 e. The quantitative estimate of drug-likeness (QED) is 0.488. The van der Waals surface area contributed by atoms with E-state index in [4.69, 9.17) is 14.5 Å². The maximum absolute atomic E-state index is 6.25. The standard InChI is InChI=1S/C28H42N4O2/c1-33-27-18-23-25(30-22-10-12-29-13-11-22)19-24(21-8-3-2-4-9-21)31-26(23)20-28(27)34-17-7-16-32-14-5-6-15-32/h18-22,29H,2-17H2,1H3,(H,30,31). The van der Waals surface area contributed by atoms with Crippen LogP contribution in [0.2, 0.25) is 0 Å². The molecule has 2 saturated heterocycles. The molecule has 3 aliphatic rings. The molecule has 2 aliphatic heterocycles. The summed E-state index contributed by atoms with van der Waals surface area (Å²) in [5, 5.41) is 8.49. The normalized spacial score (nSPS) is 20.6. The Morgan fingerprint density at radius 2 is 1.76 bits per heavy atom. The number of ether oxygens (including phenoxy) is 2. The number of rotatable bonds is 9. The third-order valence-electron chi connectivity index (χ3n) is 7.91. The van der Waals surface area contributed by atoms with Gasteiger partial charge in [-0.05, 0) is 83.3 Å². The number of benzene rings is 1. The van der Waals surface area contributed by atoms with Gasteiger partial charge < -0.3 is 25.0 Å². The Balaban J connectivity index is 1.40. The first-order chi connectivity index (χ1) is 16.8. The maximum Gasteiger partial charge on any atom is 0.163 e. The van der Waals surface area contributed by atoms with Gasteiger partial charge in [0.25, 0.3) is 0 Å². The summed E-state index contributed by atoms with van der Waals surface area (Å²) in [6.07, 6.45) is 12.5. The maximum atomic E-state index is 6.25. The monoisotopic (exact) mass is 466 g/mol. The predicted molar refractivity (Wildman–Crippen MR) is 139 cm³/mol. The molecule has 0 amide bonds. The highest BCUT2D eigenvalue weighted by Crippen LogP contribution is 2.39. The number of nitrogens with one attached hydrogen (secondary N) is 2. The van der Waals surface area contributed by atoms with E-state index < -0.39 is 0 Å². The number of fused-ring (bicyclic) bond motifs is 1. The number of aromatic nitrogens is 1. The molecule has 3 heterocycles. The zero-order chi connectivity index (χ0) is 23.2. The highest BCUT2D eigenvalue weighted by molar-refractivity contribution is 5.94. The molecule has 1 saturated carbocycles. The summed E-state index contributed by atoms with van der Waals surface area (Å²) in [7, 11) is 1.74. The van der Waals surface area contributed by atoms with Crippen LogP contribution in [0.1, 0.15) is 75.8 Å². The molecule has 186 valence electrons. The van der Waals surface area contributed by atoms with Crippen LogP contribution in [0.15, 0.2) is 18.2 Å². The van der Waals surface area contributed by atoms with Gasteiger partial charge in [-0.25, -0.2) is 0 Å². The average Bonchev–Trinajstić information content (AvgIpc) is 3.41. The van der Waals surface area contributed by atoms with Gasteiger partial charge in [0.1, 0.15) is 0 Å². The lowest BCUT2D eigenvalue weighted by Crippen LogP contribution is -2.35. The van der Waals surface area contributed by atoms with Gasteiger partial charge >= 0.3 is 0 Å². The van der Waals surface area contributed by atoms with E-state index in [1.54, 1.807) is 7.11 Å². The molecule has 3 fully saturated rings. The summed E-state index contributed by atoms with van der Waals surface area (Å²) in [4.78, 5) is 7.72. The summed E-state index contributed by atoms with van der Waals surface area (Å²) in [6.45, 7) is 6.45. The van der Waals surface area contributed by atoms with Crippen LogP contribution in [0.4, 0.5) is 5.69 Å². The zero-order valence-corrected chi connectivity index (χ0v) is 20.9. The molecule has 0 bridgehead atoms. The van der Waals surface area contributed by atoms with Crippen molar-refractivity contribution in [3.63, 3.8) is 0 Å². The van der Waals surface area contributed by atoms with Gasteiger partial charge in [0.15, 0.2) is 11.5 Å². The predicted octanol–water partition coefficient (Wildman–Crippen LogP) is 5.32. The highest BCUT2D eigenvalue weighted by Gasteiger charge is 2.22. The fourth-order valence-corrected chi connectivity index (χ4v) is 5.92. The van der Waals surface area contributed by atoms with E-state index >= 15 is 0 Å². The van der Waals surface area contributed by atoms with Gasteiger partial charge in [0, 0.05) is 41.3 Å². The molecule has 6 nitrogen and oxygen atoms in total. The van der Waals surface area contributed by atoms with Crippen molar-refractivity contribution in [1.82, 2.24) is 15.2 Å². The summed E-state index contributed by atoms with van der Waals surface area (Å²) >= 11 is 0. The van der Waals surface area contributed by atoms with Crippen molar-refractivity contribution in [2.24, 2.45) is 0 Å². The molecule has 0 spiro atoms. The van der Waals surface area contributed by atoms with Crippen LogP contribution < -0.4 is 20.1 Å². The van der Waals surface area contributed by atoms with Crippen molar-refractivity contribution >= 4 is 16.6 Å². The fraction of sp³-hybridized carbons (Fsp3) is 0.679. The van der Waals surface area contributed by atoms with E-state index in [1.807, 2.05) is 0 Å². The lowest BCUT2D eigenvalue weighted by Gasteiger charge is -2.27. The van der Waals surface area contributed by atoms with Crippen LogP contribution in [0.5, 0.6) is 11.5 Å². The molecule has 0 unspecified atom stereocenters. The summed E-state index contributed by atoms with van der Waals surface area (Å²) in [5.74, 6) is 2.19. The van der Waals surface area contributed by atoms with Crippen molar-refractivity contribution in [2.75, 3.05) is 51.8 Å². The van der Waals surface area contributed by atoms with Gasteiger partial charge in [0.2, 0.25) is 0 Å². The van der Waals surface area contributed by atoms with Crippen LogP contribution in [-0.4, -0.2) is 62.4 Å². The molecule has 1 aromatic heterocycles. The third-order valence-corrected chi connectivity index (χ3v) is 7.91. The van der Waals surface area contributed by atoms with Crippen LogP contribution in [0, 0.1) is 0 Å². The summed E-state index contributed by atoms with van der Waals surface area (Å²) in [5.41, 5.74) is 3.47. The average molecular weight is 467 g/mol. The van der Waals surface area contributed by atoms with Gasteiger partial charge in [-0.1, -0.05) is 19.3 Å². The molecular weight excluding hydrogens is 424 g/mol. The van der Waals surface area contributed by atoms with Crippen molar-refractivity contribution in [3.05, 3.63) is 23.9 Å². The number of anilines is 1. The van der Waals surface area contributed by atoms with E-state index in [-0.39, 0.29) is 0 Å². The molecular formula is C28H42N4O2. The second-order valence-corrected chi connectivity index (χ2v) is 10.4. The SMILES string of the molecule is COc1cc2c(NC3CCNCC3)cc(C3CCCCC3)nc2cc1OCCCN1CCCC1. The molecule has 5 rings (SSSR count). The second kappa shape index (κ2) is 11.6. The van der Waals surface area contributed by atoms with Crippen LogP contribution in [0.3, 0.4) is 0 Å². The second-order valence-electron chi connectivity index (χ2n) is 10.4. The molecule has 2 N–H and O–H groups in total. The van der Waals surface area contributed by atoms with Crippen LogP contribution in [0.25, 0.3) is 10.9 Å². The largest absolute Gasteiger partial charge is 0.493 e. The number of likely N-dealkylation sites (tertiary alicyclic amines) is 1. The van der Waals surface area contributed by atoms with Gasteiger partial charge in [-0.15, -0.1) is 0 Å². The van der Waals surface area contributed by atoms with Crippen LogP contribution in [-0.2, 0) is 0 Å². The van der Waals surface area contributed by atoms with E-state index in [2.05, 4.69) is 33.7 Å². The van der Waals surface area contributed by atoms with Gasteiger partial charge in [0.05, 0.1) is 19.2 Å². The third kappa shape index (κ3) is 5.77. The van der Waals surface area contributed by atoms with Crippen LogP contribution >= 0.6 is 0 Å². The molecule has 0 radical (unpaired) electrons. The van der Waals surface area contributed by atoms with Gasteiger partial charge in [-0.3, -0.25) is 4.98 Å². The fourth-order valence-electron chi connectivity index (χ4n) is 5.92. The number of hydrogen-bond donors (Lipinski definition) is 2.